The molecule has 0 radical (unpaired) electrons. The van der Waals surface area contributed by atoms with Gasteiger partial charge in [0.2, 0.25) is 5.91 Å². The molecule has 2 amide bonds. The third-order valence-electron chi connectivity index (χ3n) is 3.08. The molecule has 0 aromatic heterocycles. The number of hydrogen-bond donors (Lipinski definition) is 2. The van der Waals surface area contributed by atoms with Crippen LogP contribution in [0.3, 0.4) is 0 Å². The van der Waals surface area contributed by atoms with Gasteiger partial charge in [-0.3, -0.25) is 9.59 Å². The van der Waals surface area contributed by atoms with Crippen molar-refractivity contribution in [3.63, 3.8) is 0 Å². The van der Waals surface area contributed by atoms with E-state index in [1.165, 1.54) is 14.2 Å². The summed E-state index contributed by atoms with van der Waals surface area (Å²) >= 11 is 0. The minimum atomic E-state index is -0.343. The molecule has 0 bridgehead atoms. The fraction of sp³-hybridized carbons (Fsp3) is 0.176. The summed E-state index contributed by atoms with van der Waals surface area (Å²) in [5, 5.41) is 5.25. The molecule has 0 aliphatic carbocycles. The molecule has 2 aromatic rings. The molecule has 2 rings (SSSR count). The summed E-state index contributed by atoms with van der Waals surface area (Å²) in [4.78, 5) is 23.8. The van der Waals surface area contributed by atoms with E-state index in [1.807, 2.05) is 6.07 Å². The third kappa shape index (κ3) is 4.74. The van der Waals surface area contributed by atoms with Crippen molar-refractivity contribution in [1.82, 2.24) is 5.32 Å². The highest BCUT2D eigenvalue weighted by molar-refractivity contribution is 5.99. The number of carbonyl (C=O) groups is 2. The van der Waals surface area contributed by atoms with Crippen LogP contribution in [0.1, 0.15) is 10.4 Å². The smallest absolute Gasteiger partial charge is 0.251 e. The van der Waals surface area contributed by atoms with Gasteiger partial charge in [-0.05, 0) is 12.1 Å². The van der Waals surface area contributed by atoms with Crippen molar-refractivity contribution in [2.45, 2.75) is 0 Å². The van der Waals surface area contributed by atoms with Gasteiger partial charge in [0.25, 0.3) is 5.91 Å². The van der Waals surface area contributed by atoms with E-state index < -0.39 is 0 Å². The Kier molecular flexibility index (Phi) is 5.57. The Morgan fingerprint density at radius 1 is 0.957 bits per heavy atom. The Hall–Kier alpha value is -3.02. The van der Waals surface area contributed by atoms with Crippen LogP contribution in [0.15, 0.2) is 48.5 Å². The largest absolute Gasteiger partial charge is 0.497 e. The van der Waals surface area contributed by atoms with Crippen LogP contribution < -0.4 is 20.1 Å². The molecule has 0 saturated carbocycles. The third-order valence-corrected chi connectivity index (χ3v) is 3.08. The van der Waals surface area contributed by atoms with Gasteiger partial charge in [0.1, 0.15) is 11.5 Å². The summed E-state index contributed by atoms with van der Waals surface area (Å²) in [5.41, 5.74) is 1.03. The second kappa shape index (κ2) is 7.84. The zero-order valence-corrected chi connectivity index (χ0v) is 13.0. The Bertz CT molecular complexity index is 664. The Labute approximate surface area is 134 Å². The van der Waals surface area contributed by atoms with E-state index in [9.17, 15) is 9.59 Å². The van der Waals surface area contributed by atoms with Gasteiger partial charge in [0, 0.05) is 29.4 Å². The lowest BCUT2D eigenvalue weighted by Gasteiger charge is -2.10. The molecule has 2 aromatic carbocycles. The lowest BCUT2D eigenvalue weighted by molar-refractivity contribution is -0.115. The summed E-state index contributed by atoms with van der Waals surface area (Å²) in [6.07, 6.45) is 0. The summed E-state index contributed by atoms with van der Waals surface area (Å²) in [6.45, 7) is -0.132. The van der Waals surface area contributed by atoms with Crippen molar-refractivity contribution >= 4 is 17.5 Å². The lowest BCUT2D eigenvalue weighted by atomic mass is 10.2. The van der Waals surface area contributed by atoms with Crippen molar-refractivity contribution < 1.29 is 19.1 Å². The first-order chi connectivity index (χ1) is 11.1. The van der Waals surface area contributed by atoms with Crippen molar-refractivity contribution in [3.8, 4) is 11.5 Å². The fourth-order valence-electron chi connectivity index (χ4n) is 1.94. The van der Waals surface area contributed by atoms with Gasteiger partial charge in [-0.2, -0.15) is 0 Å². The quantitative estimate of drug-likeness (QED) is 0.856. The molecule has 0 aliphatic rings. The first-order valence-electron chi connectivity index (χ1n) is 6.98. The average Bonchev–Trinajstić information content (AvgIpc) is 2.60. The highest BCUT2D eigenvalue weighted by Crippen LogP contribution is 2.25. The number of methoxy groups -OCH3 is 2. The van der Waals surface area contributed by atoms with E-state index in [1.54, 1.807) is 42.5 Å². The minimum absolute atomic E-state index is 0.132. The molecule has 0 saturated heterocycles. The highest BCUT2D eigenvalue weighted by atomic mass is 16.5. The standard InChI is InChI=1S/C17H18N2O4/c1-22-14-8-13(9-15(10-14)23-2)19-16(20)11-18-17(21)12-6-4-3-5-7-12/h3-10H,11H2,1-2H3,(H,18,21)(H,19,20). The maximum atomic E-state index is 11.9. The van der Waals surface area contributed by atoms with Gasteiger partial charge in [-0.1, -0.05) is 18.2 Å². The van der Waals surface area contributed by atoms with Crippen molar-refractivity contribution in [2.75, 3.05) is 26.1 Å². The maximum Gasteiger partial charge on any atom is 0.251 e. The number of nitrogens with one attached hydrogen (secondary N) is 2. The van der Waals surface area contributed by atoms with Crippen molar-refractivity contribution in [1.29, 1.82) is 0 Å². The molecular formula is C17H18N2O4. The van der Waals surface area contributed by atoms with E-state index in [0.29, 0.717) is 22.7 Å². The van der Waals surface area contributed by atoms with Gasteiger partial charge in [0.15, 0.2) is 0 Å². The van der Waals surface area contributed by atoms with Gasteiger partial charge in [-0.15, -0.1) is 0 Å². The summed E-state index contributed by atoms with van der Waals surface area (Å²) in [6, 6.07) is 13.7. The molecule has 120 valence electrons. The molecule has 0 fully saturated rings. The van der Waals surface area contributed by atoms with Crippen molar-refractivity contribution in [2.24, 2.45) is 0 Å². The van der Waals surface area contributed by atoms with Crippen LogP contribution in [0.25, 0.3) is 0 Å². The normalized spacial score (nSPS) is 9.83. The van der Waals surface area contributed by atoms with E-state index >= 15 is 0 Å². The first-order valence-corrected chi connectivity index (χ1v) is 6.98. The molecule has 0 unspecified atom stereocenters. The topological polar surface area (TPSA) is 76.7 Å². The summed E-state index contributed by atoms with van der Waals surface area (Å²) < 4.78 is 10.3. The first kappa shape index (κ1) is 16.4. The molecule has 2 N–H and O–H groups in total. The van der Waals surface area contributed by atoms with Crippen LogP contribution in [0.2, 0.25) is 0 Å². The second-order valence-corrected chi connectivity index (χ2v) is 4.70. The predicted octanol–water partition coefficient (Wildman–Crippen LogP) is 2.07. The summed E-state index contributed by atoms with van der Waals surface area (Å²) in [5.74, 6) is 0.481. The number of rotatable bonds is 6. The van der Waals surface area contributed by atoms with Crippen LogP contribution in [0.5, 0.6) is 11.5 Å². The maximum absolute atomic E-state index is 11.9. The van der Waals surface area contributed by atoms with Gasteiger partial charge < -0.3 is 20.1 Å². The molecule has 0 aliphatic heterocycles. The average molecular weight is 314 g/mol. The molecule has 0 atom stereocenters. The van der Waals surface area contributed by atoms with Crippen molar-refractivity contribution in [3.05, 3.63) is 54.1 Å². The van der Waals surface area contributed by atoms with Crippen LogP contribution in [-0.2, 0) is 4.79 Å². The molecule has 6 heteroatoms. The number of ether oxygens (including phenoxy) is 2. The zero-order chi connectivity index (χ0) is 16.7. The molecular weight excluding hydrogens is 296 g/mol. The number of anilines is 1. The number of amides is 2. The van der Waals surface area contributed by atoms with Crippen LogP contribution >= 0.6 is 0 Å². The molecule has 0 spiro atoms. The molecule has 6 nitrogen and oxygen atoms in total. The fourth-order valence-corrected chi connectivity index (χ4v) is 1.94. The zero-order valence-electron chi connectivity index (χ0n) is 13.0. The molecule has 23 heavy (non-hydrogen) atoms. The minimum Gasteiger partial charge on any atom is -0.497 e. The number of carbonyl (C=O) groups excluding carboxylic acids is 2. The second-order valence-electron chi connectivity index (χ2n) is 4.70. The predicted molar refractivity (Wildman–Crippen MR) is 87.0 cm³/mol. The van der Waals surface area contributed by atoms with E-state index in [-0.39, 0.29) is 18.4 Å². The summed E-state index contributed by atoms with van der Waals surface area (Å²) in [7, 11) is 3.06. The van der Waals surface area contributed by atoms with Crippen LogP contribution in [0, 0.1) is 0 Å². The lowest BCUT2D eigenvalue weighted by Crippen LogP contribution is -2.32. The van der Waals surface area contributed by atoms with E-state index in [4.69, 9.17) is 9.47 Å². The van der Waals surface area contributed by atoms with E-state index in [0.717, 1.165) is 0 Å². The Morgan fingerprint density at radius 3 is 2.13 bits per heavy atom. The monoisotopic (exact) mass is 314 g/mol. The SMILES string of the molecule is COc1cc(NC(=O)CNC(=O)c2ccccc2)cc(OC)c1. The van der Waals surface area contributed by atoms with Gasteiger partial charge in [-0.25, -0.2) is 0 Å². The molecule has 0 heterocycles. The highest BCUT2D eigenvalue weighted by Gasteiger charge is 2.09. The van der Waals surface area contributed by atoms with Crippen LogP contribution in [0.4, 0.5) is 5.69 Å². The number of hydrogen-bond acceptors (Lipinski definition) is 4. The Balaban J connectivity index is 1.93. The van der Waals surface area contributed by atoms with E-state index in [2.05, 4.69) is 10.6 Å². The van der Waals surface area contributed by atoms with Crippen LogP contribution in [-0.4, -0.2) is 32.6 Å². The van der Waals surface area contributed by atoms with Gasteiger partial charge >= 0.3 is 0 Å². The number of benzene rings is 2. The van der Waals surface area contributed by atoms with Gasteiger partial charge in [0.05, 0.1) is 20.8 Å². The Morgan fingerprint density at radius 2 is 1.57 bits per heavy atom.